The topological polar surface area (TPSA) is 28.2 Å². The number of hydrogen-bond acceptors (Lipinski definition) is 3. The smallest absolute Gasteiger partial charge is 0.133 e. The minimum atomic E-state index is 0.471. The fourth-order valence-corrected chi connectivity index (χ4v) is 2.20. The van der Waals surface area contributed by atoms with Gasteiger partial charge in [0.05, 0.1) is 0 Å². The number of nitrogens with zero attached hydrogens (tertiary/aromatic N) is 2. The third kappa shape index (κ3) is 3.95. The van der Waals surface area contributed by atoms with Crippen LogP contribution in [0.5, 0.6) is 0 Å². The molecule has 1 rings (SSSR count). The van der Waals surface area contributed by atoms with Crippen LogP contribution in [-0.2, 0) is 6.54 Å². The predicted molar refractivity (Wildman–Crippen MR) is 82.0 cm³/mol. The summed E-state index contributed by atoms with van der Waals surface area (Å²) in [5, 5.41) is 3.37. The van der Waals surface area contributed by atoms with Crippen molar-refractivity contribution < 1.29 is 0 Å². The predicted octanol–water partition coefficient (Wildman–Crippen LogP) is 3.43. The van der Waals surface area contributed by atoms with Crippen LogP contribution in [0.4, 0.5) is 5.82 Å². The summed E-state index contributed by atoms with van der Waals surface area (Å²) in [6.45, 7) is 10.7. The van der Waals surface area contributed by atoms with Gasteiger partial charge in [-0.3, -0.25) is 0 Å². The van der Waals surface area contributed by atoms with Crippen molar-refractivity contribution in [2.45, 2.75) is 40.3 Å². The molecular weight excluding hydrogens is 290 g/mol. The molecule has 1 unspecified atom stereocenters. The van der Waals surface area contributed by atoms with Crippen LogP contribution >= 0.6 is 15.9 Å². The molecule has 0 aliphatic carbocycles. The van der Waals surface area contributed by atoms with Gasteiger partial charge in [0.15, 0.2) is 0 Å². The van der Waals surface area contributed by atoms with Gasteiger partial charge in [0, 0.05) is 35.9 Å². The first-order valence-electron chi connectivity index (χ1n) is 6.55. The SMILES string of the molecule is CCNCc1cc(Br)cnc1N(C)C(C)C(C)C. The summed E-state index contributed by atoms with van der Waals surface area (Å²) in [6.07, 6.45) is 1.87. The molecule has 0 amide bonds. The zero-order valence-electron chi connectivity index (χ0n) is 12.0. The zero-order valence-corrected chi connectivity index (χ0v) is 13.6. The number of anilines is 1. The summed E-state index contributed by atoms with van der Waals surface area (Å²) in [5.41, 5.74) is 1.24. The molecule has 102 valence electrons. The molecule has 3 nitrogen and oxygen atoms in total. The highest BCUT2D eigenvalue weighted by Gasteiger charge is 2.17. The van der Waals surface area contributed by atoms with E-state index in [1.165, 1.54) is 5.56 Å². The van der Waals surface area contributed by atoms with Crippen molar-refractivity contribution in [3.63, 3.8) is 0 Å². The number of nitrogens with one attached hydrogen (secondary N) is 1. The Labute approximate surface area is 119 Å². The molecular formula is C14H24BrN3. The molecule has 0 radical (unpaired) electrons. The summed E-state index contributed by atoms with van der Waals surface area (Å²) < 4.78 is 1.03. The van der Waals surface area contributed by atoms with E-state index in [1.807, 2.05) is 6.20 Å². The molecule has 0 fully saturated rings. The van der Waals surface area contributed by atoms with E-state index >= 15 is 0 Å². The van der Waals surface area contributed by atoms with Gasteiger partial charge in [0.25, 0.3) is 0 Å². The summed E-state index contributed by atoms with van der Waals surface area (Å²) in [5.74, 6) is 1.67. The van der Waals surface area contributed by atoms with E-state index < -0.39 is 0 Å². The maximum Gasteiger partial charge on any atom is 0.133 e. The average Bonchev–Trinajstić information content (AvgIpc) is 2.34. The Morgan fingerprint density at radius 3 is 2.61 bits per heavy atom. The number of halogens is 1. The van der Waals surface area contributed by atoms with Crippen molar-refractivity contribution in [2.24, 2.45) is 5.92 Å². The zero-order chi connectivity index (χ0) is 13.7. The molecule has 1 heterocycles. The maximum atomic E-state index is 4.57. The molecule has 1 N–H and O–H groups in total. The second kappa shape index (κ2) is 7.10. The molecule has 0 aromatic carbocycles. The Morgan fingerprint density at radius 2 is 2.06 bits per heavy atom. The van der Waals surface area contributed by atoms with Crippen molar-refractivity contribution in [1.82, 2.24) is 10.3 Å². The highest BCUT2D eigenvalue weighted by atomic mass is 79.9. The van der Waals surface area contributed by atoms with Crippen LogP contribution in [0.3, 0.4) is 0 Å². The second-order valence-electron chi connectivity index (χ2n) is 5.01. The lowest BCUT2D eigenvalue weighted by molar-refractivity contribution is 0.501. The van der Waals surface area contributed by atoms with Crippen LogP contribution < -0.4 is 10.2 Å². The molecule has 0 bridgehead atoms. The monoisotopic (exact) mass is 313 g/mol. The molecule has 0 saturated carbocycles. The van der Waals surface area contributed by atoms with Crippen molar-refractivity contribution in [3.05, 3.63) is 22.3 Å². The Kier molecular flexibility index (Phi) is 6.09. The van der Waals surface area contributed by atoms with Gasteiger partial charge in [-0.2, -0.15) is 0 Å². The van der Waals surface area contributed by atoms with E-state index in [9.17, 15) is 0 Å². The molecule has 0 aliphatic heterocycles. The van der Waals surface area contributed by atoms with Gasteiger partial charge in [-0.25, -0.2) is 4.98 Å². The lowest BCUT2D eigenvalue weighted by Gasteiger charge is -2.30. The van der Waals surface area contributed by atoms with Crippen LogP contribution in [0.25, 0.3) is 0 Å². The maximum absolute atomic E-state index is 4.57. The first-order chi connectivity index (χ1) is 8.47. The third-order valence-corrected chi connectivity index (χ3v) is 3.82. The number of pyridine rings is 1. The van der Waals surface area contributed by atoms with Gasteiger partial charge < -0.3 is 10.2 Å². The second-order valence-corrected chi connectivity index (χ2v) is 5.93. The van der Waals surface area contributed by atoms with E-state index in [1.54, 1.807) is 0 Å². The summed E-state index contributed by atoms with van der Waals surface area (Å²) in [7, 11) is 2.12. The average molecular weight is 314 g/mol. The fraction of sp³-hybridized carbons (Fsp3) is 0.643. The Morgan fingerprint density at radius 1 is 1.39 bits per heavy atom. The van der Waals surface area contributed by atoms with Gasteiger partial charge >= 0.3 is 0 Å². The minimum Gasteiger partial charge on any atom is -0.356 e. The molecule has 4 heteroatoms. The molecule has 0 spiro atoms. The standard InChI is InChI=1S/C14H24BrN3/c1-6-16-8-12-7-13(15)9-17-14(12)18(5)11(4)10(2)3/h7,9-11,16H,6,8H2,1-5H3. The number of hydrogen-bond donors (Lipinski definition) is 1. The van der Waals surface area contributed by atoms with Crippen molar-refractivity contribution in [3.8, 4) is 0 Å². The molecule has 0 saturated heterocycles. The summed E-state index contributed by atoms with van der Waals surface area (Å²) >= 11 is 3.49. The van der Waals surface area contributed by atoms with E-state index in [0.717, 1.165) is 23.4 Å². The van der Waals surface area contributed by atoms with Crippen molar-refractivity contribution in [2.75, 3.05) is 18.5 Å². The molecule has 1 aromatic heterocycles. The van der Waals surface area contributed by atoms with Crippen LogP contribution in [0.15, 0.2) is 16.7 Å². The Hall–Kier alpha value is -0.610. The number of rotatable bonds is 6. The van der Waals surface area contributed by atoms with Crippen LogP contribution in [0.2, 0.25) is 0 Å². The van der Waals surface area contributed by atoms with E-state index in [4.69, 9.17) is 0 Å². The Balaban J connectivity index is 2.99. The Bertz CT molecular complexity index is 379. The first kappa shape index (κ1) is 15.4. The lowest BCUT2D eigenvalue weighted by atomic mass is 10.0. The van der Waals surface area contributed by atoms with Gasteiger partial charge in [-0.05, 0) is 41.4 Å². The van der Waals surface area contributed by atoms with Crippen molar-refractivity contribution >= 4 is 21.7 Å². The molecule has 1 aromatic rings. The van der Waals surface area contributed by atoms with Crippen LogP contribution in [0, 0.1) is 5.92 Å². The fourth-order valence-electron chi connectivity index (χ4n) is 1.82. The lowest BCUT2D eigenvalue weighted by Crippen LogP contribution is -2.35. The van der Waals surface area contributed by atoms with Gasteiger partial charge in [0.2, 0.25) is 0 Å². The van der Waals surface area contributed by atoms with Crippen LogP contribution in [-0.4, -0.2) is 24.6 Å². The van der Waals surface area contributed by atoms with E-state index in [0.29, 0.717) is 12.0 Å². The van der Waals surface area contributed by atoms with Crippen LogP contribution in [0.1, 0.15) is 33.3 Å². The van der Waals surface area contributed by atoms with Crippen molar-refractivity contribution in [1.29, 1.82) is 0 Å². The number of aromatic nitrogens is 1. The molecule has 1 atom stereocenters. The normalized spacial score (nSPS) is 12.8. The minimum absolute atomic E-state index is 0.471. The van der Waals surface area contributed by atoms with E-state index in [2.05, 4.69) is 71.9 Å². The largest absolute Gasteiger partial charge is 0.356 e. The van der Waals surface area contributed by atoms with Gasteiger partial charge in [0.1, 0.15) is 5.82 Å². The first-order valence-corrected chi connectivity index (χ1v) is 7.34. The third-order valence-electron chi connectivity index (χ3n) is 3.38. The van der Waals surface area contributed by atoms with Gasteiger partial charge in [-0.15, -0.1) is 0 Å². The van der Waals surface area contributed by atoms with E-state index in [-0.39, 0.29) is 0 Å². The summed E-state index contributed by atoms with van der Waals surface area (Å²) in [4.78, 5) is 6.84. The molecule has 0 aliphatic rings. The van der Waals surface area contributed by atoms with Gasteiger partial charge in [-0.1, -0.05) is 20.8 Å². The highest BCUT2D eigenvalue weighted by Crippen LogP contribution is 2.24. The summed E-state index contributed by atoms with van der Waals surface area (Å²) in [6, 6.07) is 2.62. The quantitative estimate of drug-likeness (QED) is 0.872. The highest BCUT2D eigenvalue weighted by molar-refractivity contribution is 9.10. The molecule has 18 heavy (non-hydrogen) atoms.